The molecule has 0 aromatic heterocycles. The van der Waals surface area contributed by atoms with Gasteiger partial charge in [-0.3, -0.25) is 9.59 Å². The molecule has 1 amide bonds. The predicted molar refractivity (Wildman–Crippen MR) is 92.6 cm³/mol. The van der Waals surface area contributed by atoms with E-state index >= 15 is 0 Å². The van der Waals surface area contributed by atoms with Crippen LogP contribution in [0.5, 0.6) is 0 Å². The molecule has 25 heavy (non-hydrogen) atoms. The van der Waals surface area contributed by atoms with Gasteiger partial charge in [-0.1, -0.05) is 25.5 Å². The van der Waals surface area contributed by atoms with Crippen molar-refractivity contribution in [2.75, 3.05) is 0 Å². The largest absolute Gasteiger partial charge is 0.444 e. The number of alkyl carbamates (subject to hydrolysis) is 1. The number of ether oxygens (including phenoxy) is 2. The Hall–Kier alpha value is -1.85. The molecule has 1 aliphatic carbocycles. The third-order valence-corrected chi connectivity index (χ3v) is 4.68. The van der Waals surface area contributed by atoms with Gasteiger partial charge in [-0.2, -0.15) is 0 Å². The van der Waals surface area contributed by atoms with Crippen molar-refractivity contribution in [3.8, 4) is 0 Å². The van der Waals surface area contributed by atoms with E-state index in [4.69, 9.17) is 9.47 Å². The molecule has 1 saturated heterocycles. The Morgan fingerprint density at radius 2 is 1.96 bits per heavy atom. The van der Waals surface area contributed by atoms with Crippen LogP contribution in [0.3, 0.4) is 0 Å². The minimum Gasteiger partial charge on any atom is -0.444 e. The van der Waals surface area contributed by atoms with Crippen molar-refractivity contribution in [2.24, 2.45) is 23.7 Å². The first kappa shape index (κ1) is 19.5. The Kier molecular flexibility index (Phi) is 5.59. The topological polar surface area (TPSA) is 81.7 Å². The fourth-order valence-corrected chi connectivity index (χ4v) is 3.76. The number of esters is 2. The molecule has 0 bridgehead atoms. The van der Waals surface area contributed by atoms with Crippen molar-refractivity contribution in [1.82, 2.24) is 5.32 Å². The van der Waals surface area contributed by atoms with Crippen molar-refractivity contribution >= 4 is 18.0 Å². The minimum atomic E-state index is -0.602. The second-order valence-electron chi connectivity index (χ2n) is 8.46. The first-order chi connectivity index (χ1) is 11.5. The lowest BCUT2D eigenvalue weighted by atomic mass is 9.69. The zero-order valence-electron chi connectivity index (χ0n) is 15.9. The molecule has 2 rings (SSSR count). The molecule has 0 saturated carbocycles. The van der Waals surface area contributed by atoms with E-state index < -0.39 is 35.5 Å². The number of fused-ring (bicyclic) bond motifs is 1. The fourth-order valence-electron chi connectivity index (χ4n) is 3.76. The van der Waals surface area contributed by atoms with E-state index in [1.807, 2.05) is 13.0 Å². The lowest BCUT2D eigenvalue weighted by Gasteiger charge is -2.37. The van der Waals surface area contributed by atoms with Gasteiger partial charge in [0.15, 0.2) is 0 Å². The molecule has 1 N–H and O–H groups in total. The highest BCUT2D eigenvalue weighted by molar-refractivity contribution is 5.97. The van der Waals surface area contributed by atoms with Crippen molar-refractivity contribution in [3.05, 3.63) is 11.6 Å². The maximum atomic E-state index is 12.3. The van der Waals surface area contributed by atoms with Crippen molar-refractivity contribution in [3.63, 3.8) is 0 Å². The Morgan fingerprint density at radius 3 is 2.52 bits per heavy atom. The van der Waals surface area contributed by atoms with Crippen LogP contribution in [-0.4, -0.2) is 29.7 Å². The lowest BCUT2D eigenvalue weighted by Crippen LogP contribution is -2.49. The summed E-state index contributed by atoms with van der Waals surface area (Å²) in [5, 5.41) is 2.93. The number of allylic oxidation sites excluding steroid dienone is 1. The first-order valence-electron chi connectivity index (χ1n) is 8.91. The predicted octanol–water partition coefficient (Wildman–Crippen LogP) is 3.21. The van der Waals surface area contributed by atoms with Crippen LogP contribution in [0.25, 0.3) is 0 Å². The van der Waals surface area contributed by atoms with E-state index in [1.54, 1.807) is 20.8 Å². The Morgan fingerprint density at radius 1 is 1.32 bits per heavy atom. The summed E-state index contributed by atoms with van der Waals surface area (Å²) < 4.78 is 10.3. The Bertz CT molecular complexity index is 587. The molecule has 1 heterocycles. The van der Waals surface area contributed by atoms with Gasteiger partial charge in [-0.25, -0.2) is 4.79 Å². The van der Waals surface area contributed by atoms with Crippen LogP contribution in [0.15, 0.2) is 11.6 Å². The average molecular weight is 351 g/mol. The highest BCUT2D eigenvalue weighted by atomic mass is 16.6. The highest BCUT2D eigenvalue weighted by Gasteiger charge is 2.52. The van der Waals surface area contributed by atoms with Gasteiger partial charge in [0, 0.05) is 12.0 Å². The smallest absolute Gasteiger partial charge is 0.407 e. The van der Waals surface area contributed by atoms with Crippen molar-refractivity contribution < 1.29 is 23.9 Å². The molecule has 6 nitrogen and oxygen atoms in total. The Balaban J connectivity index is 2.27. The fraction of sp³-hybridized carbons (Fsp3) is 0.737. The number of carbonyl (C=O) groups is 3. The van der Waals surface area contributed by atoms with E-state index in [0.29, 0.717) is 18.8 Å². The summed E-state index contributed by atoms with van der Waals surface area (Å²) in [6, 6.07) is -0.294. The van der Waals surface area contributed by atoms with Crippen LogP contribution >= 0.6 is 0 Å². The molecule has 0 aromatic rings. The van der Waals surface area contributed by atoms with Crippen LogP contribution in [0.2, 0.25) is 0 Å². The van der Waals surface area contributed by atoms with Crippen LogP contribution < -0.4 is 5.32 Å². The lowest BCUT2D eigenvalue weighted by molar-refractivity contribution is -0.154. The molecule has 0 radical (unpaired) electrons. The summed E-state index contributed by atoms with van der Waals surface area (Å²) >= 11 is 0. The summed E-state index contributed by atoms with van der Waals surface area (Å²) in [5.41, 5.74) is 0.406. The van der Waals surface area contributed by atoms with E-state index in [9.17, 15) is 14.4 Å². The summed E-state index contributed by atoms with van der Waals surface area (Å²) in [7, 11) is 0. The second-order valence-corrected chi connectivity index (χ2v) is 8.46. The van der Waals surface area contributed by atoms with Gasteiger partial charge in [0.2, 0.25) is 0 Å². The number of rotatable bonds is 4. The number of carbonyl (C=O) groups excluding carboxylic acids is 3. The molecular weight excluding hydrogens is 322 g/mol. The van der Waals surface area contributed by atoms with E-state index in [-0.39, 0.29) is 12.0 Å². The van der Waals surface area contributed by atoms with E-state index in [2.05, 4.69) is 19.2 Å². The number of nitrogens with one attached hydrogen (secondary N) is 1. The zero-order valence-corrected chi connectivity index (χ0v) is 15.9. The summed E-state index contributed by atoms with van der Waals surface area (Å²) in [6.45, 7) is 11.5. The Labute approximate surface area is 149 Å². The molecule has 4 atom stereocenters. The molecule has 1 fully saturated rings. The van der Waals surface area contributed by atoms with Gasteiger partial charge in [-0.05, 0) is 46.5 Å². The second kappa shape index (κ2) is 7.18. The summed E-state index contributed by atoms with van der Waals surface area (Å²) in [5.74, 6) is -1.86. The van der Waals surface area contributed by atoms with Crippen LogP contribution in [-0.2, 0) is 19.1 Å². The molecule has 1 aliphatic heterocycles. The quantitative estimate of drug-likeness (QED) is 0.478. The van der Waals surface area contributed by atoms with Gasteiger partial charge < -0.3 is 14.8 Å². The van der Waals surface area contributed by atoms with Gasteiger partial charge >= 0.3 is 18.0 Å². The van der Waals surface area contributed by atoms with Crippen molar-refractivity contribution in [1.29, 1.82) is 0 Å². The SMILES string of the molecule is CC1=CC[C@@H]2C(=O)OC(=O)[C@@H]2[C@@H]1[C@H](CC(C)C)NC(=O)OC(C)(C)C. The van der Waals surface area contributed by atoms with Gasteiger partial charge in [-0.15, -0.1) is 0 Å². The van der Waals surface area contributed by atoms with Crippen LogP contribution in [0.1, 0.15) is 54.4 Å². The normalized spacial score (nSPS) is 27.5. The maximum absolute atomic E-state index is 12.3. The minimum absolute atomic E-state index is 0.257. The average Bonchev–Trinajstić information content (AvgIpc) is 2.70. The molecule has 6 heteroatoms. The first-order valence-corrected chi connectivity index (χ1v) is 8.91. The molecule has 2 aliphatic rings. The highest BCUT2D eigenvalue weighted by Crippen LogP contribution is 2.43. The van der Waals surface area contributed by atoms with Crippen LogP contribution in [0, 0.1) is 23.7 Å². The van der Waals surface area contributed by atoms with E-state index in [0.717, 1.165) is 5.57 Å². The number of amides is 1. The van der Waals surface area contributed by atoms with Gasteiger partial charge in [0.05, 0.1) is 11.8 Å². The monoisotopic (exact) mass is 351 g/mol. The molecule has 0 aromatic carbocycles. The molecular formula is C19H29NO5. The number of hydrogen-bond donors (Lipinski definition) is 1. The van der Waals surface area contributed by atoms with E-state index in [1.165, 1.54) is 0 Å². The zero-order chi connectivity index (χ0) is 18.9. The molecule has 0 unspecified atom stereocenters. The summed E-state index contributed by atoms with van der Waals surface area (Å²) in [4.78, 5) is 36.5. The van der Waals surface area contributed by atoms with Crippen LogP contribution in [0.4, 0.5) is 4.79 Å². The number of cyclic esters (lactones) is 2. The molecule has 0 spiro atoms. The van der Waals surface area contributed by atoms with Crippen molar-refractivity contribution in [2.45, 2.75) is 66.0 Å². The number of hydrogen-bond acceptors (Lipinski definition) is 5. The summed E-state index contributed by atoms with van der Waals surface area (Å²) in [6.07, 6.45) is 2.67. The third-order valence-electron chi connectivity index (χ3n) is 4.68. The third kappa shape index (κ3) is 4.61. The molecule has 140 valence electrons. The maximum Gasteiger partial charge on any atom is 0.407 e. The standard InChI is InChI=1S/C19H29NO5/c1-10(2)9-13(20-18(23)25-19(4,5)6)14-11(3)7-8-12-15(14)17(22)24-16(12)21/h7,10,12-15H,8-9H2,1-6H3,(H,20,23)/t12-,13-,14-,15-/m0/s1. The van der Waals surface area contributed by atoms with Gasteiger partial charge in [0.1, 0.15) is 5.60 Å². The van der Waals surface area contributed by atoms with Gasteiger partial charge in [0.25, 0.3) is 0 Å².